The summed E-state index contributed by atoms with van der Waals surface area (Å²) in [4.78, 5) is 34.6. The lowest BCUT2D eigenvalue weighted by molar-refractivity contribution is -0.143. The van der Waals surface area contributed by atoms with Gasteiger partial charge in [-0.25, -0.2) is 9.97 Å². The van der Waals surface area contributed by atoms with Crippen LogP contribution in [0.1, 0.15) is 53.9 Å². The van der Waals surface area contributed by atoms with E-state index in [4.69, 9.17) is 15.2 Å². The number of ether oxygens (including phenoxy) is 2. The Kier molecular flexibility index (Phi) is 4.79. The SMILES string of the molecule is COC(=O)C1CC12CCC(c1ccc(N3CCOc4ncnc(N)c4C3=O)cc1)CC2. The summed E-state index contributed by atoms with van der Waals surface area (Å²) in [5.41, 5.74) is 8.39. The number of nitrogen functional groups attached to an aromatic ring is 1. The van der Waals surface area contributed by atoms with E-state index in [0.29, 0.717) is 19.1 Å². The summed E-state index contributed by atoms with van der Waals surface area (Å²) in [6.45, 7) is 0.748. The van der Waals surface area contributed by atoms with E-state index < -0.39 is 0 Å². The highest BCUT2D eigenvalue weighted by atomic mass is 16.5. The lowest BCUT2D eigenvalue weighted by Crippen LogP contribution is -2.32. The molecule has 8 nitrogen and oxygen atoms in total. The zero-order valence-corrected chi connectivity index (χ0v) is 17.5. The predicted octanol–water partition coefficient (Wildman–Crippen LogP) is 2.93. The van der Waals surface area contributed by atoms with Crippen molar-refractivity contribution in [2.24, 2.45) is 11.3 Å². The molecule has 1 aromatic carbocycles. The molecule has 2 saturated carbocycles. The first-order valence-electron chi connectivity index (χ1n) is 10.8. The average molecular weight is 422 g/mol. The van der Waals surface area contributed by atoms with E-state index >= 15 is 0 Å². The van der Waals surface area contributed by atoms with Crippen molar-refractivity contribution in [2.45, 2.75) is 38.0 Å². The molecule has 0 bridgehead atoms. The topological polar surface area (TPSA) is 108 Å². The summed E-state index contributed by atoms with van der Waals surface area (Å²) in [7, 11) is 1.47. The quantitative estimate of drug-likeness (QED) is 0.758. The van der Waals surface area contributed by atoms with Gasteiger partial charge in [0, 0.05) is 5.69 Å². The number of rotatable bonds is 3. The van der Waals surface area contributed by atoms with E-state index in [-0.39, 0.29) is 40.5 Å². The number of carbonyl (C=O) groups excluding carboxylic acids is 2. The van der Waals surface area contributed by atoms with Gasteiger partial charge in [-0.05, 0) is 61.1 Å². The summed E-state index contributed by atoms with van der Waals surface area (Å²) in [6.07, 6.45) is 6.55. The molecule has 3 aliphatic rings. The van der Waals surface area contributed by atoms with Crippen LogP contribution in [0.15, 0.2) is 30.6 Å². The number of anilines is 2. The highest BCUT2D eigenvalue weighted by Crippen LogP contribution is 2.63. The zero-order valence-electron chi connectivity index (χ0n) is 17.5. The third-order valence-electron chi connectivity index (χ3n) is 7.19. The number of nitrogens with two attached hydrogens (primary N) is 1. The predicted molar refractivity (Wildman–Crippen MR) is 114 cm³/mol. The van der Waals surface area contributed by atoms with E-state index in [9.17, 15) is 9.59 Å². The minimum Gasteiger partial charge on any atom is -0.475 e. The molecule has 1 unspecified atom stereocenters. The number of fused-ring (bicyclic) bond motifs is 1. The van der Waals surface area contributed by atoms with E-state index in [1.807, 2.05) is 12.1 Å². The number of benzene rings is 1. The van der Waals surface area contributed by atoms with Crippen LogP contribution in [0.2, 0.25) is 0 Å². The number of carbonyl (C=O) groups is 2. The van der Waals surface area contributed by atoms with Crippen LogP contribution in [0.25, 0.3) is 0 Å². The van der Waals surface area contributed by atoms with E-state index in [1.165, 1.54) is 19.0 Å². The van der Waals surface area contributed by atoms with Gasteiger partial charge in [0.2, 0.25) is 5.88 Å². The van der Waals surface area contributed by atoms with Crippen LogP contribution < -0.4 is 15.4 Å². The number of hydrogen-bond acceptors (Lipinski definition) is 7. The first kappa shape index (κ1) is 19.8. The van der Waals surface area contributed by atoms with Crippen molar-refractivity contribution in [1.29, 1.82) is 0 Å². The fourth-order valence-corrected chi connectivity index (χ4v) is 5.24. The third-order valence-corrected chi connectivity index (χ3v) is 7.19. The minimum atomic E-state index is -0.249. The zero-order chi connectivity index (χ0) is 21.6. The second-order valence-corrected chi connectivity index (χ2v) is 8.75. The number of hydrogen-bond donors (Lipinski definition) is 1. The Morgan fingerprint density at radius 1 is 1.23 bits per heavy atom. The van der Waals surface area contributed by atoms with Crippen molar-refractivity contribution in [1.82, 2.24) is 9.97 Å². The number of amides is 1. The summed E-state index contributed by atoms with van der Waals surface area (Å²) < 4.78 is 10.5. The van der Waals surface area contributed by atoms with Crippen LogP contribution in [0.3, 0.4) is 0 Å². The average Bonchev–Trinajstić information content (AvgIpc) is 3.52. The Labute approximate surface area is 180 Å². The monoisotopic (exact) mass is 422 g/mol. The maximum Gasteiger partial charge on any atom is 0.309 e. The third kappa shape index (κ3) is 3.40. The Morgan fingerprint density at radius 3 is 2.68 bits per heavy atom. The van der Waals surface area contributed by atoms with Crippen molar-refractivity contribution in [3.05, 3.63) is 41.7 Å². The van der Waals surface area contributed by atoms with Gasteiger partial charge >= 0.3 is 5.97 Å². The standard InChI is InChI=1S/C23H26N4O4/c1-30-22(29)17-12-23(17)8-6-15(7-9-23)14-2-4-16(5-3-14)27-10-11-31-20-18(21(27)28)19(24)25-13-26-20/h2-5,13,15,17H,6-12H2,1H3,(H2,24,25,26). The molecule has 0 radical (unpaired) electrons. The van der Waals surface area contributed by atoms with Crippen molar-refractivity contribution in [3.63, 3.8) is 0 Å². The number of methoxy groups -OCH3 is 1. The van der Waals surface area contributed by atoms with E-state index in [0.717, 1.165) is 37.8 Å². The minimum absolute atomic E-state index is 0.0542. The molecule has 31 heavy (non-hydrogen) atoms. The molecule has 2 aromatic rings. The molecule has 1 aromatic heterocycles. The van der Waals surface area contributed by atoms with Crippen molar-refractivity contribution in [2.75, 3.05) is 30.9 Å². The smallest absolute Gasteiger partial charge is 0.309 e. The number of esters is 1. The first-order valence-corrected chi connectivity index (χ1v) is 10.8. The molecule has 8 heteroatoms. The van der Waals surface area contributed by atoms with Crippen molar-refractivity contribution >= 4 is 23.4 Å². The van der Waals surface area contributed by atoms with Crippen molar-refractivity contribution in [3.8, 4) is 5.88 Å². The van der Waals surface area contributed by atoms with Gasteiger partial charge in [0.05, 0.1) is 19.6 Å². The van der Waals surface area contributed by atoms with Gasteiger partial charge in [-0.15, -0.1) is 0 Å². The van der Waals surface area contributed by atoms with Gasteiger partial charge < -0.3 is 20.1 Å². The van der Waals surface area contributed by atoms with Gasteiger partial charge in [-0.2, -0.15) is 0 Å². The molecule has 2 fully saturated rings. The van der Waals surface area contributed by atoms with Crippen LogP contribution in [0, 0.1) is 11.3 Å². The summed E-state index contributed by atoms with van der Waals surface area (Å²) in [5, 5.41) is 0. The molecular formula is C23H26N4O4. The van der Waals surface area contributed by atoms with Gasteiger partial charge in [0.1, 0.15) is 24.3 Å². The molecule has 5 rings (SSSR count). The molecular weight excluding hydrogens is 396 g/mol. The van der Waals surface area contributed by atoms with E-state index in [2.05, 4.69) is 22.1 Å². The summed E-state index contributed by atoms with van der Waals surface area (Å²) in [5.74, 6) is 0.628. The molecule has 1 atom stereocenters. The van der Waals surface area contributed by atoms with Crippen LogP contribution in [-0.2, 0) is 9.53 Å². The first-order chi connectivity index (χ1) is 15.0. The van der Waals surface area contributed by atoms with E-state index in [1.54, 1.807) is 4.90 Å². The Hall–Kier alpha value is -3.16. The molecule has 1 spiro atoms. The van der Waals surface area contributed by atoms with Gasteiger partial charge in [0.15, 0.2) is 0 Å². The Balaban J connectivity index is 1.28. The second-order valence-electron chi connectivity index (χ2n) is 8.75. The molecule has 2 aliphatic carbocycles. The van der Waals surface area contributed by atoms with Gasteiger partial charge in [0.25, 0.3) is 5.91 Å². The molecule has 1 aliphatic heterocycles. The van der Waals surface area contributed by atoms with Crippen LogP contribution in [0.4, 0.5) is 11.5 Å². The molecule has 2 heterocycles. The fourth-order valence-electron chi connectivity index (χ4n) is 5.24. The highest BCUT2D eigenvalue weighted by molar-refractivity contribution is 6.10. The maximum absolute atomic E-state index is 13.1. The largest absolute Gasteiger partial charge is 0.475 e. The van der Waals surface area contributed by atoms with Gasteiger partial charge in [-0.1, -0.05) is 12.1 Å². The molecule has 162 valence electrons. The molecule has 0 saturated heterocycles. The highest BCUT2D eigenvalue weighted by Gasteiger charge is 2.59. The maximum atomic E-state index is 13.1. The molecule has 2 N–H and O–H groups in total. The number of aromatic nitrogens is 2. The van der Waals surface area contributed by atoms with Crippen LogP contribution >= 0.6 is 0 Å². The van der Waals surface area contributed by atoms with Crippen LogP contribution in [-0.4, -0.2) is 42.1 Å². The lowest BCUT2D eigenvalue weighted by Gasteiger charge is -2.30. The summed E-state index contributed by atoms with van der Waals surface area (Å²) in [6, 6.07) is 8.18. The second kappa shape index (κ2) is 7.51. The Bertz CT molecular complexity index is 1010. The number of nitrogens with zero attached hydrogens (tertiary/aromatic N) is 3. The lowest BCUT2D eigenvalue weighted by atomic mass is 9.76. The summed E-state index contributed by atoms with van der Waals surface area (Å²) >= 11 is 0. The van der Waals surface area contributed by atoms with Gasteiger partial charge in [-0.3, -0.25) is 9.59 Å². The normalized spacial score (nSPS) is 27.3. The van der Waals surface area contributed by atoms with Crippen molar-refractivity contribution < 1.29 is 19.1 Å². The fraction of sp³-hybridized carbons (Fsp3) is 0.478. The molecule has 1 amide bonds. The Morgan fingerprint density at radius 2 is 1.97 bits per heavy atom. The van der Waals surface area contributed by atoms with Crippen LogP contribution in [0.5, 0.6) is 5.88 Å².